The Labute approximate surface area is 90.2 Å². The summed E-state index contributed by atoms with van der Waals surface area (Å²) in [4.78, 5) is 11.0. The topological polar surface area (TPSA) is 72.5 Å². The van der Waals surface area contributed by atoms with Gasteiger partial charge in [0.25, 0.3) is 0 Å². The van der Waals surface area contributed by atoms with E-state index < -0.39 is 21.2 Å². The molecule has 86 valence electrons. The molecule has 0 saturated heterocycles. The van der Waals surface area contributed by atoms with Crippen LogP contribution in [0.4, 0.5) is 0 Å². The highest BCUT2D eigenvalue weighted by Gasteiger charge is 2.27. The summed E-state index contributed by atoms with van der Waals surface area (Å²) in [5, 5.41) is -1.20. The van der Waals surface area contributed by atoms with E-state index in [9.17, 15) is 13.2 Å². The number of esters is 1. The van der Waals surface area contributed by atoms with Gasteiger partial charge in [0, 0.05) is 13.0 Å². The van der Waals surface area contributed by atoms with Gasteiger partial charge < -0.3 is 4.74 Å². The maximum absolute atomic E-state index is 11.4. The van der Waals surface area contributed by atoms with Crippen LogP contribution >= 0.6 is 0 Å². The smallest absolute Gasteiger partial charge is 0.325 e. The van der Waals surface area contributed by atoms with Gasteiger partial charge in [0.2, 0.25) is 10.0 Å². The number of nitrogens with one attached hydrogen (secondary N) is 1. The van der Waals surface area contributed by atoms with Gasteiger partial charge in [-0.25, -0.2) is 13.1 Å². The molecule has 0 saturated carbocycles. The van der Waals surface area contributed by atoms with Crippen LogP contribution in [-0.4, -0.2) is 33.3 Å². The number of rotatable bonds is 6. The summed E-state index contributed by atoms with van der Waals surface area (Å²) >= 11 is 0. The van der Waals surface area contributed by atoms with Gasteiger partial charge in [0.15, 0.2) is 5.25 Å². The summed E-state index contributed by atoms with van der Waals surface area (Å²) in [6.07, 6.45) is 6.05. The first kappa shape index (κ1) is 13.9. The van der Waals surface area contributed by atoms with Gasteiger partial charge in [-0.15, -0.1) is 12.3 Å². The van der Waals surface area contributed by atoms with Crippen molar-refractivity contribution in [3.63, 3.8) is 0 Å². The van der Waals surface area contributed by atoms with E-state index in [1.807, 2.05) is 0 Å². The molecule has 0 aliphatic heterocycles. The zero-order valence-electron chi connectivity index (χ0n) is 8.82. The molecule has 1 unspecified atom stereocenters. The summed E-state index contributed by atoms with van der Waals surface area (Å²) in [5.41, 5.74) is 0. The fraction of sp³-hybridized carbons (Fsp3) is 0.667. The van der Waals surface area contributed by atoms with E-state index in [0.29, 0.717) is 12.8 Å². The molecule has 5 nitrogen and oxygen atoms in total. The van der Waals surface area contributed by atoms with E-state index in [1.165, 1.54) is 6.92 Å². The lowest BCUT2D eigenvalue weighted by Crippen LogP contribution is -2.38. The quantitative estimate of drug-likeness (QED) is 0.394. The predicted molar refractivity (Wildman–Crippen MR) is 56.5 cm³/mol. The summed E-state index contributed by atoms with van der Waals surface area (Å²) in [5.74, 6) is 1.61. The molecule has 0 fully saturated rings. The molecule has 0 aliphatic carbocycles. The van der Waals surface area contributed by atoms with Gasteiger partial charge >= 0.3 is 5.97 Å². The van der Waals surface area contributed by atoms with Gasteiger partial charge in [0.05, 0.1) is 7.11 Å². The maximum atomic E-state index is 11.4. The largest absolute Gasteiger partial charge is 0.468 e. The third-order valence-electron chi connectivity index (χ3n) is 1.80. The summed E-state index contributed by atoms with van der Waals surface area (Å²) in [6.45, 7) is 1.50. The SMILES string of the molecule is C#CCCCNS(=O)(=O)C(C)C(=O)OC. The van der Waals surface area contributed by atoms with Crippen LogP contribution in [0.1, 0.15) is 19.8 Å². The molecular formula is C9H15NO4S. The lowest BCUT2D eigenvalue weighted by molar-refractivity contribution is -0.139. The Balaban J connectivity index is 4.19. The summed E-state index contributed by atoms with van der Waals surface area (Å²) in [7, 11) is -2.50. The molecule has 1 atom stereocenters. The number of ether oxygens (including phenoxy) is 1. The van der Waals surface area contributed by atoms with Gasteiger partial charge in [-0.2, -0.15) is 0 Å². The Bertz CT molecular complexity index is 342. The van der Waals surface area contributed by atoms with Crippen molar-refractivity contribution in [1.29, 1.82) is 0 Å². The first-order valence-electron chi connectivity index (χ1n) is 4.45. The standard InChI is InChI=1S/C9H15NO4S/c1-4-5-6-7-10-15(12,13)8(2)9(11)14-3/h1,8,10H,5-7H2,2-3H3. The molecule has 0 rings (SSSR count). The second-order valence-corrected chi connectivity index (χ2v) is 5.00. The first-order chi connectivity index (χ1) is 6.95. The van der Waals surface area contributed by atoms with Crippen molar-refractivity contribution in [3.05, 3.63) is 0 Å². The van der Waals surface area contributed by atoms with Crippen molar-refractivity contribution in [3.8, 4) is 12.3 Å². The Morgan fingerprint density at radius 1 is 1.60 bits per heavy atom. The van der Waals surface area contributed by atoms with E-state index in [-0.39, 0.29) is 6.54 Å². The third kappa shape index (κ3) is 4.81. The van der Waals surface area contributed by atoms with E-state index >= 15 is 0 Å². The zero-order valence-corrected chi connectivity index (χ0v) is 9.63. The molecule has 0 spiro atoms. The van der Waals surface area contributed by atoms with Crippen LogP contribution in [0.25, 0.3) is 0 Å². The van der Waals surface area contributed by atoms with Gasteiger partial charge in [0.1, 0.15) is 0 Å². The lowest BCUT2D eigenvalue weighted by atomic mass is 10.3. The Morgan fingerprint density at radius 3 is 2.67 bits per heavy atom. The van der Waals surface area contributed by atoms with Crippen molar-refractivity contribution in [2.24, 2.45) is 0 Å². The van der Waals surface area contributed by atoms with Crippen molar-refractivity contribution < 1.29 is 17.9 Å². The maximum Gasteiger partial charge on any atom is 0.325 e. The van der Waals surface area contributed by atoms with Crippen molar-refractivity contribution in [2.75, 3.05) is 13.7 Å². The molecule has 0 aromatic heterocycles. The highest BCUT2D eigenvalue weighted by Crippen LogP contribution is 2.00. The Kier molecular flexibility index (Phi) is 5.97. The van der Waals surface area contributed by atoms with Crippen LogP contribution in [0.5, 0.6) is 0 Å². The van der Waals surface area contributed by atoms with Crippen LogP contribution in [0.2, 0.25) is 0 Å². The minimum Gasteiger partial charge on any atom is -0.468 e. The fourth-order valence-electron chi connectivity index (χ4n) is 0.823. The highest BCUT2D eigenvalue weighted by atomic mass is 32.2. The Morgan fingerprint density at radius 2 is 2.20 bits per heavy atom. The minimum atomic E-state index is -3.65. The van der Waals surface area contributed by atoms with Crippen LogP contribution in [-0.2, 0) is 19.6 Å². The lowest BCUT2D eigenvalue weighted by Gasteiger charge is -2.11. The van der Waals surface area contributed by atoms with Crippen molar-refractivity contribution in [1.82, 2.24) is 4.72 Å². The molecule has 6 heteroatoms. The Hall–Kier alpha value is -1.06. The van der Waals surface area contributed by atoms with E-state index in [0.717, 1.165) is 7.11 Å². The van der Waals surface area contributed by atoms with E-state index in [4.69, 9.17) is 6.42 Å². The van der Waals surface area contributed by atoms with Gasteiger partial charge in [-0.3, -0.25) is 4.79 Å². The molecule has 0 bridgehead atoms. The highest BCUT2D eigenvalue weighted by molar-refractivity contribution is 7.90. The molecule has 0 aromatic rings. The van der Waals surface area contributed by atoms with Gasteiger partial charge in [-0.05, 0) is 13.3 Å². The normalized spacial score (nSPS) is 12.9. The molecular weight excluding hydrogens is 218 g/mol. The van der Waals surface area contributed by atoms with Crippen molar-refractivity contribution in [2.45, 2.75) is 25.0 Å². The summed E-state index contributed by atoms with van der Waals surface area (Å²) in [6, 6.07) is 0. The summed E-state index contributed by atoms with van der Waals surface area (Å²) < 4.78 is 29.5. The first-order valence-corrected chi connectivity index (χ1v) is 6.00. The predicted octanol–water partition coefficient (Wildman–Crippen LogP) is -0.119. The molecule has 0 aliphatic rings. The molecule has 15 heavy (non-hydrogen) atoms. The number of hydrogen-bond acceptors (Lipinski definition) is 4. The molecule has 0 heterocycles. The number of methoxy groups -OCH3 is 1. The average molecular weight is 233 g/mol. The number of carbonyl (C=O) groups excluding carboxylic acids is 1. The third-order valence-corrected chi connectivity index (χ3v) is 3.53. The average Bonchev–Trinajstić information content (AvgIpc) is 2.22. The monoisotopic (exact) mass is 233 g/mol. The number of carbonyl (C=O) groups is 1. The zero-order chi connectivity index (χ0) is 11.9. The number of sulfonamides is 1. The number of unbranched alkanes of at least 4 members (excludes halogenated alkanes) is 1. The molecule has 0 amide bonds. The molecule has 0 radical (unpaired) electrons. The number of hydrogen-bond donors (Lipinski definition) is 1. The second kappa shape index (κ2) is 6.43. The van der Waals surface area contributed by atoms with Crippen LogP contribution in [0.15, 0.2) is 0 Å². The van der Waals surface area contributed by atoms with E-state index in [1.54, 1.807) is 0 Å². The second-order valence-electron chi connectivity index (χ2n) is 2.91. The molecule has 1 N–H and O–H groups in total. The van der Waals surface area contributed by atoms with Crippen LogP contribution in [0.3, 0.4) is 0 Å². The van der Waals surface area contributed by atoms with Gasteiger partial charge in [-0.1, -0.05) is 0 Å². The molecule has 0 aromatic carbocycles. The minimum absolute atomic E-state index is 0.230. The number of terminal acetylenes is 1. The van der Waals surface area contributed by atoms with Crippen LogP contribution in [0, 0.1) is 12.3 Å². The fourth-order valence-corrected chi connectivity index (χ4v) is 1.85. The van der Waals surface area contributed by atoms with Crippen molar-refractivity contribution >= 4 is 16.0 Å². The van der Waals surface area contributed by atoms with E-state index in [2.05, 4.69) is 15.4 Å². The van der Waals surface area contributed by atoms with Crippen LogP contribution < -0.4 is 4.72 Å².